The average Bonchev–Trinajstić information content (AvgIpc) is 2.67. The van der Waals surface area contributed by atoms with Gasteiger partial charge < -0.3 is 0 Å². The summed E-state index contributed by atoms with van der Waals surface area (Å²) < 4.78 is 0. The lowest BCUT2D eigenvalue weighted by Crippen LogP contribution is -2.18. The molecule has 26 heavy (non-hydrogen) atoms. The van der Waals surface area contributed by atoms with E-state index in [2.05, 4.69) is 37.1 Å². The average molecular weight is 356 g/mol. The first-order valence-corrected chi connectivity index (χ1v) is 10.2. The molecule has 0 bridgehead atoms. The Kier molecular flexibility index (Phi) is 8.62. The van der Waals surface area contributed by atoms with Crippen molar-refractivity contribution >= 4 is 11.6 Å². The number of ketones is 2. The molecule has 0 heterocycles. The second-order valence-corrected chi connectivity index (χ2v) is 7.85. The summed E-state index contributed by atoms with van der Waals surface area (Å²) in [4.78, 5) is 23.6. The molecule has 1 aromatic carbocycles. The number of hydrogen-bond acceptors (Lipinski definition) is 2. The number of terminal acetylenes is 1. The van der Waals surface area contributed by atoms with Gasteiger partial charge in [-0.3, -0.25) is 9.59 Å². The summed E-state index contributed by atoms with van der Waals surface area (Å²) in [5.74, 6) is 3.29. The van der Waals surface area contributed by atoms with E-state index in [0.29, 0.717) is 18.1 Å². The van der Waals surface area contributed by atoms with E-state index in [1.54, 1.807) is 0 Å². The van der Waals surface area contributed by atoms with Gasteiger partial charge in [-0.15, -0.1) is 6.42 Å². The molecule has 0 N–H and O–H groups in total. The number of carbonyl (C=O) groups is 2. The standard InChI is InChI=1S/C24H32O2.H2.H/c1-3-23(25)11-7-10-20-14-16-21(17-15-20)13-12-19(2)24(26)18-22-8-5-4-6-9-22;;/h1,14-17,19,22H,4-13,18H2,2H3;1H;. The highest BCUT2D eigenvalue weighted by Gasteiger charge is 2.20. The van der Waals surface area contributed by atoms with Gasteiger partial charge in [0.15, 0.2) is 0 Å². The van der Waals surface area contributed by atoms with Gasteiger partial charge in [0.05, 0.1) is 0 Å². The first-order chi connectivity index (χ1) is 12.6. The van der Waals surface area contributed by atoms with Crippen LogP contribution in [-0.4, -0.2) is 11.6 Å². The van der Waals surface area contributed by atoms with Gasteiger partial charge in [-0.25, -0.2) is 0 Å². The zero-order valence-corrected chi connectivity index (χ0v) is 16.1. The van der Waals surface area contributed by atoms with Crippen molar-refractivity contribution in [3.8, 4) is 12.3 Å². The Balaban J connectivity index is 0.00000364. The molecule has 0 amide bonds. The number of hydrogen-bond donors (Lipinski definition) is 0. The van der Waals surface area contributed by atoms with Gasteiger partial charge in [-0.05, 0) is 48.6 Å². The molecule has 143 valence electrons. The van der Waals surface area contributed by atoms with E-state index in [4.69, 9.17) is 6.42 Å². The zero-order valence-electron chi connectivity index (χ0n) is 17.1. The third-order valence-electron chi connectivity index (χ3n) is 5.68. The van der Waals surface area contributed by atoms with E-state index < -0.39 is 0 Å². The van der Waals surface area contributed by atoms with Gasteiger partial charge in [-0.1, -0.05) is 63.3 Å². The van der Waals surface area contributed by atoms with Crippen molar-refractivity contribution in [3.05, 3.63) is 35.4 Å². The summed E-state index contributed by atoms with van der Waals surface area (Å²) in [5.41, 5.74) is 2.52. The van der Waals surface area contributed by atoms with Crippen molar-refractivity contribution in [2.75, 3.05) is 0 Å². The molecule has 1 aliphatic carbocycles. The smallest absolute Gasteiger partial charge is 0.205 e. The molecular formula is C24H35O2. The van der Waals surface area contributed by atoms with Crippen LogP contribution >= 0.6 is 0 Å². The SMILES string of the molecule is C#CC(=O)CCCc1ccc(CCC(C)C(=O)CC2CCCCC2)cc1.[HH].[H]. The van der Waals surface area contributed by atoms with Crippen LogP contribution in [0.4, 0.5) is 0 Å². The molecule has 2 nitrogen and oxygen atoms in total. The summed E-state index contributed by atoms with van der Waals surface area (Å²) >= 11 is 0. The fourth-order valence-electron chi connectivity index (χ4n) is 3.82. The minimum absolute atomic E-state index is 0. The lowest BCUT2D eigenvalue weighted by Gasteiger charge is -2.22. The number of aryl methyl sites for hydroxylation is 2. The number of carbonyl (C=O) groups excluding carboxylic acids is 2. The van der Waals surface area contributed by atoms with Crippen LogP contribution in [0.2, 0.25) is 0 Å². The van der Waals surface area contributed by atoms with Crippen LogP contribution in [0.3, 0.4) is 0 Å². The second-order valence-electron chi connectivity index (χ2n) is 7.85. The molecule has 0 saturated heterocycles. The number of benzene rings is 1. The Morgan fingerprint density at radius 3 is 2.38 bits per heavy atom. The maximum absolute atomic E-state index is 12.4. The maximum atomic E-state index is 12.4. The third kappa shape index (κ3) is 7.16. The van der Waals surface area contributed by atoms with Crippen LogP contribution in [0.25, 0.3) is 0 Å². The topological polar surface area (TPSA) is 34.1 Å². The normalized spacial score (nSPS) is 16.0. The van der Waals surface area contributed by atoms with Crippen molar-refractivity contribution < 1.29 is 12.4 Å². The second kappa shape index (κ2) is 11.0. The van der Waals surface area contributed by atoms with Gasteiger partial charge >= 0.3 is 0 Å². The summed E-state index contributed by atoms with van der Waals surface area (Å²) in [6.45, 7) is 2.09. The largest absolute Gasteiger partial charge is 0.299 e. The molecular weight excluding hydrogens is 320 g/mol. The first-order valence-electron chi connectivity index (χ1n) is 10.2. The lowest BCUT2D eigenvalue weighted by molar-refractivity contribution is -0.123. The van der Waals surface area contributed by atoms with E-state index in [9.17, 15) is 9.59 Å². The molecule has 0 aliphatic heterocycles. The van der Waals surface area contributed by atoms with E-state index >= 15 is 0 Å². The summed E-state index contributed by atoms with van der Waals surface area (Å²) in [6, 6.07) is 8.56. The van der Waals surface area contributed by atoms with Crippen molar-refractivity contribution in [3.63, 3.8) is 0 Å². The van der Waals surface area contributed by atoms with Crippen molar-refractivity contribution in [1.29, 1.82) is 0 Å². The van der Waals surface area contributed by atoms with Crippen LogP contribution in [0, 0.1) is 24.2 Å². The minimum Gasteiger partial charge on any atom is -0.299 e. The quantitative estimate of drug-likeness (QED) is 0.400. The predicted molar refractivity (Wildman–Crippen MR) is 110 cm³/mol. The fraction of sp³-hybridized carbons (Fsp3) is 0.583. The van der Waals surface area contributed by atoms with E-state index in [-0.39, 0.29) is 14.6 Å². The van der Waals surface area contributed by atoms with Gasteiger partial charge in [0.2, 0.25) is 5.78 Å². The predicted octanol–water partition coefficient (Wildman–Crippen LogP) is 5.68. The molecule has 0 spiro atoms. The van der Waals surface area contributed by atoms with E-state index in [1.807, 2.05) is 0 Å². The van der Waals surface area contributed by atoms with Crippen molar-refractivity contribution in [2.45, 2.75) is 77.6 Å². The number of Topliss-reactive ketones (excluding diaryl/α,β-unsaturated/α-hetero) is 2. The Bertz CT molecular complexity index is 625. The van der Waals surface area contributed by atoms with Gasteiger partial charge in [0.25, 0.3) is 0 Å². The first kappa shape index (κ1) is 20.4. The van der Waals surface area contributed by atoms with E-state index in [0.717, 1.165) is 32.1 Å². The molecule has 1 fully saturated rings. The Labute approximate surface area is 161 Å². The molecule has 0 aromatic heterocycles. The van der Waals surface area contributed by atoms with Crippen LogP contribution in [0.15, 0.2) is 24.3 Å². The van der Waals surface area contributed by atoms with Crippen molar-refractivity contribution in [2.24, 2.45) is 11.8 Å². The third-order valence-corrected chi connectivity index (χ3v) is 5.68. The molecule has 1 aromatic rings. The molecule has 1 unspecified atom stereocenters. The summed E-state index contributed by atoms with van der Waals surface area (Å²) in [7, 11) is 0. The highest BCUT2D eigenvalue weighted by Crippen LogP contribution is 2.28. The summed E-state index contributed by atoms with van der Waals surface area (Å²) in [6.07, 6.45) is 16.3. The lowest BCUT2D eigenvalue weighted by atomic mass is 9.83. The van der Waals surface area contributed by atoms with Crippen LogP contribution in [-0.2, 0) is 22.4 Å². The molecule has 2 rings (SSSR count). The minimum atomic E-state index is -0.117. The summed E-state index contributed by atoms with van der Waals surface area (Å²) in [5, 5.41) is 0. The van der Waals surface area contributed by atoms with Crippen LogP contribution in [0.1, 0.15) is 78.7 Å². The van der Waals surface area contributed by atoms with Crippen molar-refractivity contribution in [1.82, 2.24) is 0 Å². The Morgan fingerprint density at radius 1 is 1.15 bits per heavy atom. The zero-order chi connectivity index (χ0) is 18.8. The monoisotopic (exact) mass is 355 g/mol. The molecule has 1 atom stereocenters. The van der Waals surface area contributed by atoms with Crippen LogP contribution in [0.5, 0.6) is 0 Å². The highest BCUT2D eigenvalue weighted by molar-refractivity contribution is 5.94. The van der Waals surface area contributed by atoms with Gasteiger partial charge in [0, 0.05) is 21.6 Å². The van der Waals surface area contributed by atoms with Gasteiger partial charge in [-0.2, -0.15) is 0 Å². The maximum Gasteiger partial charge on any atom is 0.205 e. The highest BCUT2D eigenvalue weighted by atomic mass is 16.1. The Morgan fingerprint density at radius 2 is 1.77 bits per heavy atom. The van der Waals surface area contributed by atoms with E-state index in [1.165, 1.54) is 43.2 Å². The molecule has 1 saturated carbocycles. The van der Waals surface area contributed by atoms with Gasteiger partial charge in [0.1, 0.15) is 5.78 Å². The molecule has 1 radical (unpaired) electrons. The molecule has 2 heteroatoms. The fourth-order valence-corrected chi connectivity index (χ4v) is 3.82. The Hall–Kier alpha value is -1.88. The molecule has 1 aliphatic rings. The number of rotatable bonds is 10. The van der Waals surface area contributed by atoms with Crippen LogP contribution < -0.4 is 0 Å².